The molecule has 0 saturated carbocycles. The maximum atomic E-state index is 11.2. The van der Waals surface area contributed by atoms with Gasteiger partial charge in [0.15, 0.2) is 0 Å². The number of nitrogens with two attached hydrogens (primary N) is 2. The number of hydrogen-bond donors (Lipinski definition) is 5. The van der Waals surface area contributed by atoms with E-state index in [1.165, 1.54) is 0 Å². The SMILES string of the molecule is NC(N)=NN=CC(=O)Nc1ccc(Cl)cc1.O=S(=O)(O)O. The molecule has 0 spiro atoms. The van der Waals surface area contributed by atoms with Crippen LogP contribution in [0, 0.1) is 0 Å². The summed E-state index contributed by atoms with van der Waals surface area (Å²) >= 11 is 5.68. The molecule has 0 fully saturated rings. The van der Waals surface area contributed by atoms with E-state index < -0.39 is 16.3 Å². The first-order valence-electron chi connectivity index (χ1n) is 4.96. The number of carbonyl (C=O) groups is 1. The molecule has 0 aliphatic rings. The monoisotopic (exact) mass is 337 g/mol. The van der Waals surface area contributed by atoms with E-state index in [2.05, 4.69) is 15.5 Å². The number of nitrogens with zero attached hydrogens (tertiary/aromatic N) is 2. The number of rotatable bonds is 3. The first-order chi connectivity index (χ1) is 9.58. The van der Waals surface area contributed by atoms with Crippen LogP contribution in [-0.4, -0.2) is 35.6 Å². The van der Waals surface area contributed by atoms with Crippen LogP contribution in [0.25, 0.3) is 0 Å². The van der Waals surface area contributed by atoms with Crippen molar-refractivity contribution in [1.29, 1.82) is 0 Å². The molecule has 7 N–H and O–H groups in total. The fraction of sp³-hybridized carbons (Fsp3) is 0. The highest BCUT2D eigenvalue weighted by atomic mass is 35.5. The number of benzene rings is 1. The highest BCUT2D eigenvalue weighted by Crippen LogP contribution is 2.12. The molecule has 1 amide bonds. The minimum absolute atomic E-state index is 0.212. The van der Waals surface area contributed by atoms with Crippen LogP contribution in [0.15, 0.2) is 34.5 Å². The van der Waals surface area contributed by atoms with Gasteiger partial charge in [-0.25, -0.2) is 0 Å². The zero-order chi connectivity index (χ0) is 16.5. The largest absolute Gasteiger partial charge is 0.394 e. The van der Waals surface area contributed by atoms with Crippen LogP contribution in [0.3, 0.4) is 0 Å². The second-order valence-corrected chi connectivity index (χ2v) is 4.55. The fourth-order valence-corrected chi connectivity index (χ4v) is 0.982. The lowest BCUT2D eigenvalue weighted by Crippen LogP contribution is -2.22. The number of hydrogen-bond acceptors (Lipinski definition) is 5. The van der Waals surface area contributed by atoms with Gasteiger partial charge in [-0.3, -0.25) is 13.9 Å². The highest BCUT2D eigenvalue weighted by molar-refractivity contribution is 7.79. The molecule has 0 bridgehead atoms. The zero-order valence-electron chi connectivity index (χ0n) is 10.3. The van der Waals surface area contributed by atoms with Gasteiger partial charge in [-0.1, -0.05) is 11.6 Å². The molecule has 116 valence electrons. The summed E-state index contributed by atoms with van der Waals surface area (Å²) in [5, 5.41) is 9.77. The lowest BCUT2D eigenvalue weighted by atomic mass is 10.3. The van der Waals surface area contributed by atoms with Gasteiger partial charge in [0.2, 0.25) is 5.96 Å². The van der Waals surface area contributed by atoms with Crippen LogP contribution in [0.1, 0.15) is 0 Å². The van der Waals surface area contributed by atoms with E-state index in [0.717, 1.165) is 6.21 Å². The van der Waals surface area contributed by atoms with E-state index >= 15 is 0 Å². The Bertz CT molecular complexity index is 616. The summed E-state index contributed by atoms with van der Waals surface area (Å²) in [7, 11) is -4.67. The Morgan fingerprint density at radius 1 is 1.24 bits per heavy atom. The predicted molar refractivity (Wildman–Crippen MR) is 78.6 cm³/mol. The average molecular weight is 338 g/mol. The molecule has 12 heteroatoms. The Kier molecular flexibility index (Phi) is 7.93. The molecule has 1 aromatic carbocycles. The molecule has 0 unspecified atom stereocenters. The van der Waals surface area contributed by atoms with Crippen LogP contribution >= 0.6 is 11.6 Å². The van der Waals surface area contributed by atoms with Crippen molar-refractivity contribution in [3.63, 3.8) is 0 Å². The molecule has 10 nitrogen and oxygen atoms in total. The Labute approximate surface area is 125 Å². The lowest BCUT2D eigenvalue weighted by molar-refractivity contribution is -0.110. The molecule has 0 aliphatic heterocycles. The van der Waals surface area contributed by atoms with Crippen molar-refractivity contribution in [2.45, 2.75) is 0 Å². The number of guanidine groups is 1. The van der Waals surface area contributed by atoms with Crippen LogP contribution in [0.2, 0.25) is 5.02 Å². The van der Waals surface area contributed by atoms with Gasteiger partial charge >= 0.3 is 10.4 Å². The van der Waals surface area contributed by atoms with Gasteiger partial charge in [-0.2, -0.15) is 8.42 Å². The van der Waals surface area contributed by atoms with Crippen molar-refractivity contribution < 1.29 is 22.3 Å². The smallest absolute Gasteiger partial charge is 0.369 e. The van der Waals surface area contributed by atoms with Crippen LogP contribution in [0.5, 0.6) is 0 Å². The van der Waals surface area contributed by atoms with E-state index in [0.29, 0.717) is 10.7 Å². The first-order valence-corrected chi connectivity index (χ1v) is 6.74. The molecule has 0 heterocycles. The van der Waals surface area contributed by atoms with Crippen molar-refractivity contribution in [1.82, 2.24) is 0 Å². The van der Waals surface area contributed by atoms with Gasteiger partial charge in [0.05, 0.1) is 0 Å². The number of anilines is 1. The van der Waals surface area contributed by atoms with Crippen LogP contribution in [-0.2, 0) is 15.2 Å². The van der Waals surface area contributed by atoms with E-state index in [1.54, 1.807) is 24.3 Å². The maximum absolute atomic E-state index is 11.2. The number of halogens is 1. The Morgan fingerprint density at radius 3 is 2.14 bits per heavy atom. The number of nitrogens with one attached hydrogen (secondary N) is 1. The van der Waals surface area contributed by atoms with Gasteiger partial charge in [0.25, 0.3) is 5.91 Å². The van der Waals surface area contributed by atoms with Gasteiger partial charge in [-0.15, -0.1) is 10.2 Å². The molecule has 1 aromatic rings. The van der Waals surface area contributed by atoms with Crippen LogP contribution < -0.4 is 16.8 Å². The van der Waals surface area contributed by atoms with E-state index in [1.807, 2.05) is 0 Å². The summed E-state index contributed by atoms with van der Waals surface area (Å²) in [4.78, 5) is 11.2. The van der Waals surface area contributed by atoms with E-state index in [4.69, 9.17) is 40.6 Å². The molecule has 0 atom stereocenters. The highest BCUT2D eigenvalue weighted by Gasteiger charge is 1.97. The summed E-state index contributed by atoms with van der Waals surface area (Å²) in [6, 6.07) is 6.64. The third kappa shape index (κ3) is 14.0. The predicted octanol–water partition coefficient (Wildman–Crippen LogP) is -0.115. The second-order valence-electron chi connectivity index (χ2n) is 3.21. The van der Waals surface area contributed by atoms with Crippen molar-refractivity contribution in [3.05, 3.63) is 29.3 Å². The summed E-state index contributed by atoms with van der Waals surface area (Å²) in [5.74, 6) is -0.650. The number of carbonyl (C=O) groups excluding carboxylic acids is 1. The molecule has 0 radical (unpaired) electrons. The van der Waals surface area contributed by atoms with Crippen molar-refractivity contribution in [2.24, 2.45) is 21.7 Å². The minimum atomic E-state index is -4.67. The van der Waals surface area contributed by atoms with Crippen molar-refractivity contribution in [2.75, 3.05) is 5.32 Å². The van der Waals surface area contributed by atoms with E-state index in [-0.39, 0.29) is 5.96 Å². The van der Waals surface area contributed by atoms with Gasteiger partial charge in [-0.05, 0) is 24.3 Å². The normalized spacial score (nSPS) is 10.4. The zero-order valence-corrected chi connectivity index (χ0v) is 11.9. The molecule has 21 heavy (non-hydrogen) atoms. The lowest BCUT2D eigenvalue weighted by Gasteiger charge is -2.00. The quantitative estimate of drug-likeness (QED) is 0.220. The summed E-state index contributed by atoms with van der Waals surface area (Å²) in [6.45, 7) is 0. The molecule has 0 aliphatic carbocycles. The van der Waals surface area contributed by atoms with Crippen LogP contribution in [0.4, 0.5) is 5.69 Å². The van der Waals surface area contributed by atoms with Gasteiger partial charge in [0, 0.05) is 10.7 Å². The Balaban J connectivity index is 0.000000690. The topological polar surface area (TPSA) is 180 Å². The molecule has 0 saturated heterocycles. The molecular weight excluding hydrogens is 326 g/mol. The number of amides is 1. The van der Waals surface area contributed by atoms with Crippen molar-refractivity contribution >= 4 is 45.8 Å². The summed E-state index contributed by atoms with van der Waals surface area (Å²) < 4.78 is 31.6. The summed E-state index contributed by atoms with van der Waals surface area (Å²) in [6.07, 6.45) is 0.967. The Morgan fingerprint density at radius 2 is 1.71 bits per heavy atom. The molecule has 1 rings (SSSR count). The minimum Gasteiger partial charge on any atom is -0.369 e. The van der Waals surface area contributed by atoms with Crippen molar-refractivity contribution in [3.8, 4) is 0 Å². The van der Waals surface area contributed by atoms with E-state index in [9.17, 15) is 4.79 Å². The summed E-state index contributed by atoms with van der Waals surface area (Å²) in [5.41, 5.74) is 10.6. The first kappa shape index (κ1) is 18.8. The molecular formula is C9H12ClN5O5S. The maximum Gasteiger partial charge on any atom is 0.394 e. The van der Waals surface area contributed by atoms with Gasteiger partial charge in [0.1, 0.15) is 6.21 Å². The standard InChI is InChI=1S/C9H10ClN5O.H2O4S/c10-6-1-3-7(4-2-6)14-8(16)5-13-15-9(11)12;1-5(2,3)4/h1-5H,(H,14,16)(H4,11,12,15);(H2,1,2,3,4). The third-order valence-corrected chi connectivity index (χ3v) is 1.71. The average Bonchev–Trinajstić information content (AvgIpc) is 2.29. The third-order valence-electron chi connectivity index (χ3n) is 1.46. The van der Waals surface area contributed by atoms with Gasteiger partial charge < -0.3 is 16.8 Å². The molecule has 0 aromatic heterocycles. The Hall–Kier alpha value is -2.21. The second kappa shape index (κ2) is 8.86. The fourth-order valence-electron chi connectivity index (χ4n) is 0.856.